The average Bonchev–Trinajstić information content (AvgIpc) is 3.14. The van der Waals surface area contributed by atoms with Crippen LogP contribution in [0.2, 0.25) is 0 Å². The van der Waals surface area contributed by atoms with Gasteiger partial charge >= 0.3 is 5.97 Å². The molecule has 21 heavy (non-hydrogen) atoms. The Labute approximate surface area is 129 Å². The zero-order valence-electron chi connectivity index (χ0n) is 13.9. The lowest BCUT2D eigenvalue weighted by Gasteiger charge is -2.38. The summed E-state index contributed by atoms with van der Waals surface area (Å²) in [6.45, 7) is 8.44. The summed E-state index contributed by atoms with van der Waals surface area (Å²) >= 11 is 0. The van der Waals surface area contributed by atoms with E-state index in [4.69, 9.17) is 10.5 Å². The first-order valence-corrected chi connectivity index (χ1v) is 8.67. The minimum absolute atomic E-state index is 0.195. The lowest BCUT2D eigenvalue weighted by atomic mass is 9.92. The summed E-state index contributed by atoms with van der Waals surface area (Å²) in [6, 6.07) is 0.600. The van der Waals surface area contributed by atoms with Crippen LogP contribution in [-0.4, -0.2) is 42.1 Å². The molecule has 1 unspecified atom stereocenters. The Morgan fingerprint density at radius 3 is 2.38 bits per heavy atom. The van der Waals surface area contributed by atoms with Gasteiger partial charge < -0.3 is 10.5 Å². The minimum atomic E-state index is -0.798. The molecule has 122 valence electrons. The molecule has 4 nitrogen and oxygen atoms in total. The number of rotatable bonds is 8. The molecule has 0 aromatic heterocycles. The van der Waals surface area contributed by atoms with Crippen LogP contribution >= 0.6 is 0 Å². The van der Waals surface area contributed by atoms with Crippen molar-refractivity contribution in [1.29, 1.82) is 0 Å². The highest BCUT2D eigenvalue weighted by Crippen LogP contribution is 2.40. The third kappa shape index (κ3) is 4.19. The van der Waals surface area contributed by atoms with Gasteiger partial charge in [-0.3, -0.25) is 4.90 Å². The van der Waals surface area contributed by atoms with E-state index < -0.39 is 5.54 Å². The second-order valence-corrected chi connectivity index (χ2v) is 7.30. The van der Waals surface area contributed by atoms with Gasteiger partial charge in [0.15, 0.2) is 0 Å². The van der Waals surface area contributed by atoms with Crippen LogP contribution in [0.4, 0.5) is 0 Å². The van der Waals surface area contributed by atoms with Gasteiger partial charge in [-0.2, -0.15) is 0 Å². The number of hydrogen-bond donors (Lipinski definition) is 1. The fraction of sp³-hybridized carbons (Fsp3) is 0.941. The highest BCUT2D eigenvalue weighted by Gasteiger charge is 2.50. The van der Waals surface area contributed by atoms with Crippen LogP contribution < -0.4 is 5.73 Å². The Kier molecular flexibility index (Phi) is 5.67. The Morgan fingerprint density at radius 2 is 1.90 bits per heavy atom. The molecule has 0 radical (unpaired) electrons. The lowest BCUT2D eigenvalue weighted by Crippen LogP contribution is -2.60. The predicted molar refractivity (Wildman–Crippen MR) is 84.9 cm³/mol. The normalized spacial score (nSPS) is 22.8. The number of ether oxygens (including phenoxy) is 1. The van der Waals surface area contributed by atoms with Crippen LogP contribution in [0.1, 0.15) is 59.3 Å². The van der Waals surface area contributed by atoms with Gasteiger partial charge in [-0.1, -0.05) is 26.7 Å². The first kappa shape index (κ1) is 16.8. The summed E-state index contributed by atoms with van der Waals surface area (Å²) in [5.74, 6) is 0.711. The number of nitrogens with zero attached hydrogens (tertiary/aromatic N) is 1. The van der Waals surface area contributed by atoms with Gasteiger partial charge in [0.2, 0.25) is 0 Å². The quantitative estimate of drug-likeness (QED) is 0.699. The fourth-order valence-corrected chi connectivity index (χ4v) is 3.64. The van der Waals surface area contributed by atoms with E-state index in [9.17, 15) is 4.79 Å². The molecule has 2 fully saturated rings. The van der Waals surface area contributed by atoms with E-state index in [0.29, 0.717) is 31.0 Å². The molecule has 2 aliphatic rings. The number of carbonyl (C=O) groups excluding carboxylic acids is 1. The first-order chi connectivity index (χ1) is 9.97. The third-order valence-corrected chi connectivity index (χ3v) is 4.87. The molecule has 1 atom stereocenters. The van der Waals surface area contributed by atoms with Crippen LogP contribution in [0.3, 0.4) is 0 Å². The first-order valence-electron chi connectivity index (χ1n) is 8.67. The van der Waals surface area contributed by atoms with E-state index in [2.05, 4.69) is 18.7 Å². The predicted octanol–water partition coefficient (Wildman–Crippen LogP) is 2.56. The summed E-state index contributed by atoms with van der Waals surface area (Å²) < 4.78 is 5.29. The molecule has 0 spiro atoms. The van der Waals surface area contributed by atoms with Crippen LogP contribution in [-0.2, 0) is 9.53 Å². The molecule has 2 aliphatic carbocycles. The summed E-state index contributed by atoms with van der Waals surface area (Å²) in [7, 11) is 0. The standard InChI is InChI=1S/C17H32N2O2/c1-4-21-16(20)17(18,14-9-10-14)12-19(11-13(2)3)15-7-5-6-8-15/h13-15H,4-12,18H2,1-3H3. The van der Waals surface area contributed by atoms with Crippen molar-refractivity contribution in [2.45, 2.75) is 70.9 Å². The Hall–Kier alpha value is -0.610. The summed E-state index contributed by atoms with van der Waals surface area (Å²) in [5.41, 5.74) is 5.76. The van der Waals surface area contributed by atoms with Crippen molar-refractivity contribution in [3.05, 3.63) is 0 Å². The number of esters is 1. The van der Waals surface area contributed by atoms with Gasteiger partial charge in [-0.25, -0.2) is 4.79 Å². The van der Waals surface area contributed by atoms with Gasteiger partial charge in [0.25, 0.3) is 0 Å². The maximum absolute atomic E-state index is 12.4. The third-order valence-electron chi connectivity index (χ3n) is 4.87. The van der Waals surface area contributed by atoms with Crippen LogP contribution in [0.25, 0.3) is 0 Å². The zero-order valence-corrected chi connectivity index (χ0v) is 13.9. The van der Waals surface area contributed by atoms with Crippen molar-refractivity contribution < 1.29 is 9.53 Å². The van der Waals surface area contributed by atoms with E-state index in [1.165, 1.54) is 25.7 Å². The van der Waals surface area contributed by atoms with E-state index in [0.717, 1.165) is 19.4 Å². The molecule has 0 saturated heterocycles. The molecule has 2 N–H and O–H groups in total. The van der Waals surface area contributed by atoms with E-state index in [1.807, 2.05) is 6.92 Å². The van der Waals surface area contributed by atoms with Crippen molar-refractivity contribution in [1.82, 2.24) is 4.90 Å². The summed E-state index contributed by atoms with van der Waals surface area (Å²) in [6.07, 6.45) is 7.23. The van der Waals surface area contributed by atoms with Gasteiger partial charge in [-0.05, 0) is 44.4 Å². The van der Waals surface area contributed by atoms with Crippen molar-refractivity contribution in [2.75, 3.05) is 19.7 Å². The van der Waals surface area contributed by atoms with Crippen molar-refractivity contribution in [2.24, 2.45) is 17.6 Å². The Bertz CT molecular complexity index is 349. The van der Waals surface area contributed by atoms with Crippen molar-refractivity contribution >= 4 is 5.97 Å². The highest BCUT2D eigenvalue weighted by molar-refractivity contribution is 5.82. The van der Waals surface area contributed by atoms with Crippen LogP contribution in [0.5, 0.6) is 0 Å². The molecular formula is C17H32N2O2. The maximum Gasteiger partial charge on any atom is 0.327 e. The Morgan fingerprint density at radius 1 is 1.29 bits per heavy atom. The highest BCUT2D eigenvalue weighted by atomic mass is 16.5. The van der Waals surface area contributed by atoms with Crippen LogP contribution in [0.15, 0.2) is 0 Å². The maximum atomic E-state index is 12.4. The van der Waals surface area contributed by atoms with E-state index >= 15 is 0 Å². The number of carbonyl (C=O) groups is 1. The van der Waals surface area contributed by atoms with Gasteiger partial charge in [-0.15, -0.1) is 0 Å². The largest absolute Gasteiger partial charge is 0.465 e. The van der Waals surface area contributed by atoms with Crippen molar-refractivity contribution in [3.63, 3.8) is 0 Å². The molecule has 0 aliphatic heterocycles. The number of nitrogens with two attached hydrogens (primary N) is 1. The van der Waals surface area contributed by atoms with Gasteiger partial charge in [0.05, 0.1) is 6.61 Å². The van der Waals surface area contributed by atoms with E-state index in [-0.39, 0.29) is 5.97 Å². The monoisotopic (exact) mass is 296 g/mol. The fourth-order valence-electron chi connectivity index (χ4n) is 3.64. The van der Waals surface area contributed by atoms with Crippen LogP contribution in [0, 0.1) is 11.8 Å². The van der Waals surface area contributed by atoms with Gasteiger partial charge in [0.1, 0.15) is 5.54 Å². The average molecular weight is 296 g/mol. The molecule has 0 bridgehead atoms. The molecule has 0 amide bonds. The summed E-state index contributed by atoms with van der Waals surface area (Å²) in [4.78, 5) is 14.9. The topological polar surface area (TPSA) is 55.6 Å². The Balaban J connectivity index is 2.08. The van der Waals surface area contributed by atoms with E-state index in [1.54, 1.807) is 0 Å². The number of hydrogen-bond acceptors (Lipinski definition) is 4. The SMILES string of the molecule is CCOC(=O)C(N)(CN(CC(C)C)C1CCCC1)C1CC1. The van der Waals surface area contributed by atoms with Crippen molar-refractivity contribution in [3.8, 4) is 0 Å². The molecule has 2 rings (SSSR count). The second-order valence-electron chi connectivity index (χ2n) is 7.30. The molecule has 0 heterocycles. The lowest BCUT2D eigenvalue weighted by molar-refractivity contribution is -0.151. The molecule has 0 aromatic carbocycles. The molecule has 0 aromatic rings. The zero-order chi connectivity index (χ0) is 15.5. The minimum Gasteiger partial charge on any atom is -0.465 e. The molecular weight excluding hydrogens is 264 g/mol. The smallest absolute Gasteiger partial charge is 0.327 e. The summed E-state index contributed by atoms with van der Waals surface area (Å²) in [5, 5.41) is 0. The molecule has 2 saturated carbocycles. The molecule has 4 heteroatoms. The second kappa shape index (κ2) is 7.10. The van der Waals surface area contributed by atoms with Gasteiger partial charge in [0, 0.05) is 19.1 Å².